The smallest absolute Gasteiger partial charge is 0.269 e. The largest absolute Gasteiger partial charge is 0.357 e. The van der Waals surface area contributed by atoms with Crippen LogP contribution in [-0.2, 0) is 10.0 Å². The third-order valence-electron chi connectivity index (χ3n) is 3.58. The van der Waals surface area contributed by atoms with Gasteiger partial charge in [0, 0.05) is 24.2 Å². The van der Waals surface area contributed by atoms with Crippen molar-refractivity contribution in [2.24, 2.45) is 0 Å². The van der Waals surface area contributed by atoms with Crippen LogP contribution in [0.5, 0.6) is 0 Å². The minimum absolute atomic E-state index is 0.123. The van der Waals surface area contributed by atoms with Gasteiger partial charge in [-0.1, -0.05) is 6.07 Å². The highest BCUT2D eigenvalue weighted by molar-refractivity contribution is 7.89. The number of carbonyl (C=O) groups is 1. The van der Waals surface area contributed by atoms with E-state index in [1.54, 1.807) is 12.1 Å². The van der Waals surface area contributed by atoms with Crippen molar-refractivity contribution in [1.82, 2.24) is 20.5 Å². The second kappa shape index (κ2) is 7.67. The number of carbonyl (C=O) groups excluding carboxylic acids is 1. The van der Waals surface area contributed by atoms with E-state index in [-0.39, 0.29) is 21.1 Å². The number of sulfonamides is 1. The molecule has 9 heteroatoms. The first-order chi connectivity index (χ1) is 11.6. The van der Waals surface area contributed by atoms with Crippen molar-refractivity contribution in [1.29, 1.82) is 0 Å². The molecule has 1 amide bonds. The van der Waals surface area contributed by atoms with Crippen molar-refractivity contribution >= 4 is 33.3 Å². The van der Waals surface area contributed by atoms with E-state index in [1.807, 2.05) is 20.8 Å². The highest BCUT2D eigenvalue weighted by Gasteiger charge is 2.27. The Bertz CT molecular complexity index is 751. The monoisotopic (exact) mass is 384 g/mol. The summed E-state index contributed by atoms with van der Waals surface area (Å²) < 4.78 is 26.6. The standard InChI is InChI=1S/C16H24N4O3S2/c1-16(2,3)17-15(24)19-18-14(21)12-7-6-8-13(11-12)25(22,23)20-9-4-5-10-20/h6-8,11H,4-5,9-10H2,1-3H3,(H,18,21)(H2,17,19,24). The Morgan fingerprint density at radius 3 is 2.40 bits per heavy atom. The van der Waals surface area contributed by atoms with Gasteiger partial charge in [-0.15, -0.1) is 0 Å². The number of hydrazine groups is 1. The molecule has 25 heavy (non-hydrogen) atoms. The summed E-state index contributed by atoms with van der Waals surface area (Å²) in [5.41, 5.74) is 5.08. The van der Waals surface area contributed by atoms with Gasteiger partial charge in [0.15, 0.2) is 5.11 Å². The quantitative estimate of drug-likeness (QED) is 0.539. The van der Waals surface area contributed by atoms with Crippen LogP contribution in [0.2, 0.25) is 0 Å². The molecule has 0 unspecified atom stereocenters. The summed E-state index contributed by atoms with van der Waals surface area (Å²) in [7, 11) is -3.56. The minimum Gasteiger partial charge on any atom is -0.357 e. The third kappa shape index (κ3) is 5.38. The van der Waals surface area contributed by atoms with E-state index < -0.39 is 15.9 Å². The van der Waals surface area contributed by atoms with Gasteiger partial charge in [0.05, 0.1) is 4.90 Å². The first-order valence-corrected chi connectivity index (χ1v) is 9.93. The second-order valence-electron chi connectivity index (χ2n) is 6.92. The van der Waals surface area contributed by atoms with Crippen molar-refractivity contribution < 1.29 is 13.2 Å². The summed E-state index contributed by atoms with van der Waals surface area (Å²) in [5.74, 6) is -0.462. The van der Waals surface area contributed by atoms with Crippen LogP contribution in [0.4, 0.5) is 0 Å². The van der Waals surface area contributed by atoms with Gasteiger partial charge in [-0.3, -0.25) is 15.6 Å². The summed E-state index contributed by atoms with van der Waals surface area (Å²) in [5, 5.41) is 3.28. The maximum atomic E-state index is 12.6. The fourth-order valence-corrected chi connectivity index (χ4v) is 4.35. The van der Waals surface area contributed by atoms with Gasteiger partial charge in [0.1, 0.15) is 0 Å². The Morgan fingerprint density at radius 2 is 1.80 bits per heavy atom. The molecule has 1 aliphatic rings. The van der Waals surface area contributed by atoms with Gasteiger partial charge in [0.25, 0.3) is 5.91 Å². The lowest BCUT2D eigenvalue weighted by molar-refractivity contribution is 0.0943. The average molecular weight is 385 g/mol. The number of rotatable bonds is 3. The molecular formula is C16H24N4O3S2. The van der Waals surface area contributed by atoms with Gasteiger partial charge in [0.2, 0.25) is 10.0 Å². The van der Waals surface area contributed by atoms with Gasteiger partial charge in [-0.2, -0.15) is 4.31 Å². The Hall–Kier alpha value is -1.71. The van der Waals surface area contributed by atoms with E-state index in [9.17, 15) is 13.2 Å². The van der Waals surface area contributed by atoms with Crippen molar-refractivity contribution in [3.63, 3.8) is 0 Å². The molecule has 138 valence electrons. The number of nitrogens with one attached hydrogen (secondary N) is 3. The number of benzene rings is 1. The fraction of sp³-hybridized carbons (Fsp3) is 0.500. The van der Waals surface area contributed by atoms with Crippen LogP contribution in [0, 0.1) is 0 Å². The predicted octanol–water partition coefficient (Wildman–Crippen LogP) is 1.38. The summed E-state index contributed by atoms with van der Waals surface area (Å²) >= 11 is 5.09. The van der Waals surface area contributed by atoms with E-state index in [1.165, 1.54) is 16.4 Å². The molecule has 0 aromatic heterocycles. The first-order valence-electron chi connectivity index (χ1n) is 8.08. The Labute approximate surface area is 154 Å². The second-order valence-corrected chi connectivity index (χ2v) is 9.27. The van der Waals surface area contributed by atoms with Crippen LogP contribution in [0.25, 0.3) is 0 Å². The lowest BCUT2D eigenvalue weighted by Gasteiger charge is -2.23. The molecule has 3 N–H and O–H groups in total. The Morgan fingerprint density at radius 1 is 1.16 bits per heavy atom. The molecule has 1 aromatic rings. The Balaban J connectivity index is 2.05. The first kappa shape index (κ1) is 19.6. The molecule has 2 rings (SSSR count). The zero-order valence-electron chi connectivity index (χ0n) is 14.6. The molecular weight excluding hydrogens is 360 g/mol. The molecule has 0 radical (unpaired) electrons. The zero-order valence-corrected chi connectivity index (χ0v) is 16.3. The number of hydrogen-bond acceptors (Lipinski definition) is 4. The molecule has 1 heterocycles. The summed E-state index contributed by atoms with van der Waals surface area (Å²) in [6, 6.07) is 6.00. The van der Waals surface area contributed by atoms with E-state index >= 15 is 0 Å². The van der Waals surface area contributed by atoms with E-state index in [0.29, 0.717) is 13.1 Å². The lowest BCUT2D eigenvalue weighted by Crippen LogP contribution is -2.52. The molecule has 0 spiro atoms. The molecule has 1 aliphatic heterocycles. The SMILES string of the molecule is CC(C)(C)NC(=S)NNC(=O)c1cccc(S(=O)(=O)N2CCCC2)c1. The summed E-state index contributed by atoms with van der Waals surface area (Å²) in [6.07, 6.45) is 1.73. The number of amides is 1. The van der Waals surface area contributed by atoms with Gasteiger partial charge >= 0.3 is 0 Å². The van der Waals surface area contributed by atoms with Crippen LogP contribution in [0.1, 0.15) is 44.0 Å². The molecule has 0 bridgehead atoms. The highest BCUT2D eigenvalue weighted by Crippen LogP contribution is 2.21. The molecule has 7 nitrogen and oxygen atoms in total. The van der Waals surface area contributed by atoms with E-state index in [4.69, 9.17) is 12.2 Å². The zero-order chi connectivity index (χ0) is 18.7. The maximum absolute atomic E-state index is 12.6. The summed E-state index contributed by atoms with van der Waals surface area (Å²) in [4.78, 5) is 12.4. The van der Waals surface area contributed by atoms with Crippen LogP contribution < -0.4 is 16.2 Å². The van der Waals surface area contributed by atoms with Gasteiger partial charge in [-0.25, -0.2) is 8.42 Å². The van der Waals surface area contributed by atoms with Crippen molar-refractivity contribution in [3.05, 3.63) is 29.8 Å². The van der Waals surface area contributed by atoms with Crippen molar-refractivity contribution in [3.8, 4) is 0 Å². The van der Waals surface area contributed by atoms with Crippen molar-refractivity contribution in [2.45, 2.75) is 44.0 Å². The van der Waals surface area contributed by atoms with Crippen LogP contribution in [-0.4, -0.2) is 42.4 Å². The lowest BCUT2D eigenvalue weighted by atomic mass is 10.1. The van der Waals surface area contributed by atoms with Crippen LogP contribution in [0.15, 0.2) is 29.2 Å². The van der Waals surface area contributed by atoms with Gasteiger partial charge in [-0.05, 0) is 64.0 Å². The van der Waals surface area contributed by atoms with Crippen molar-refractivity contribution in [2.75, 3.05) is 13.1 Å². The minimum atomic E-state index is -3.56. The molecule has 0 aliphatic carbocycles. The summed E-state index contributed by atoms with van der Waals surface area (Å²) in [6.45, 7) is 6.86. The molecule has 1 saturated heterocycles. The number of thiocarbonyl (C=S) groups is 1. The fourth-order valence-electron chi connectivity index (χ4n) is 2.43. The van der Waals surface area contributed by atoms with E-state index in [2.05, 4.69) is 16.2 Å². The molecule has 0 saturated carbocycles. The number of nitrogens with zero attached hydrogens (tertiary/aromatic N) is 1. The normalized spacial score (nSPS) is 15.6. The molecule has 0 atom stereocenters. The van der Waals surface area contributed by atoms with E-state index in [0.717, 1.165) is 12.8 Å². The molecule has 1 fully saturated rings. The van der Waals surface area contributed by atoms with Gasteiger partial charge < -0.3 is 5.32 Å². The Kier molecular flexibility index (Phi) is 6.02. The highest BCUT2D eigenvalue weighted by atomic mass is 32.2. The maximum Gasteiger partial charge on any atom is 0.269 e. The van der Waals surface area contributed by atoms with Crippen LogP contribution >= 0.6 is 12.2 Å². The third-order valence-corrected chi connectivity index (χ3v) is 5.68. The predicted molar refractivity (Wildman–Crippen MR) is 101 cm³/mol. The molecule has 1 aromatic carbocycles. The average Bonchev–Trinajstić information content (AvgIpc) is 3.06. The van der Waals surface area contributed by atoms with Crippen LogP contribution in [0.3, 0.4) is 0 Å². The number of hydrogen-bond donors (Lipinski definition) is 3. The topological polar surface area (TPSA) is 90.5 Å².